The van der Waals surface area contributed by atoms with E-state index < -0.39 is 0 Å². The van der Waals surface area contributed by atoms with Crippen molar-refractivity contribution in [2.45, 2.75) is 31.7 Å². The third kappa shape index (κ3) is 2.36. The first kappa shape index (κ1) is 12.6. The van der Waals surface area contributed by atoms with Gasteiger partial charge in [0, 0.05) is 10.5 Å². The lowest BCUT2D eigenvalue weighted by Gasteiger charge is -2.36. The van der Waals surface area contributed by atoms with Gasteiger partial charge >= 0.3 is 0 Å². The van der Waals surface area contributed by atoms with E-state index in [0.29, 0.717) is 6.04 Å². The maximum atomic E-state index is 5.77. The number of rotatable bonds is 2. The Bertz CT molecular complexity index is 425. The van der Waals surface area contributed by atoms with Gasteiger partial charge in [-0.2, -0.15) is 0 Å². The van der Waals surface area contributed by atoms with E-state index in [-0.39, 0.29) is 0 Å². The zero-order chi connectivity index (χ0) is 12.5. The first-order chi connectivity index (χ1) is 8.78. The molecule has 98 valence electrons. The molecule has 1 aliphatic heterocycles. The first-order valence-electron chi connectivity index (χ1n) is 7.00. The van der Waals surface area contributed by atoms with Crippen molar-refractivity contribution in [2.75, 3.05) is 19.6 Å². The van der Waals surface area contributed by atoms with Crippen LogP contribution in [0.15, 0.2) is 22.7 Å². The van der Waals surface area contributed by atoms with Gasteiger partial charge in [-0.3, -0.25) is 4.90 Å². The number of fused-ring (bicyclic) bond motifs is 1. The number of piperidine rings is 1. The summed E-state index contributed by atoms with van der Waals surface area (Å²) in [5, 5.41) is 0. The van der Waals surface area contributed by atoms with Crippen molar-refractivity contribution in [3.05, 3.63) is 33.8 Å². The minimum Gasteiger partial charge on any atom is -0.330 e. The van der Waals surface area contributed by atoms with Gasteiger partial charge in [0.25, 0.3) is 0 Å². The quantitative estimate of drug-likeness (QED) is 0.909. The van der Waals surface area contributed by atoms with Crippen LogP contribution >= 0.6 is 15.9 Å². The summed E-state index contributed by atoms with van der Waals surface area (Å²) in [7, 11) is 0. The highest BCUT2D eigenvalue weighted by Crippen LogP contribution is 2.38. The molecule has 1 atom stereocenters. The van der Waals surface area contributed by atoms with E-state index in [2.05, 4.69) is 39.0 Å². The molecule has 0 aromatic heterocycles. The molecule has 1 saturated heterocycles. The molecule has 0 spiro atoms. The summed E-state index contributed by atoms with van der Waals surface area (Å²) in [6.07, 6.45) is 5.08. The maximum Gasteiger partial charge on any atom is 0.0354 e. The van der Waals surface area contributed by atoms with Gasteiger partial charge in [-0.05, 0) is 74.5 Å². The topological polar surface area (TPSA) is 29.3 Å². The molecule has 1 aromatic carbocycles. The van der Waals surface area contributed by atoms with Crippen molar-refractivity contribution in [2.24, 2.45) is 11.7 Å². The Balaban J connectivity index is 1.73. The van der Waals surface area contributed by atoms with Crippen molar-refractivity contribution in [1.82, 2.24) is 4.90 Å². The summed E-state index contributed by atoms with van der Waals surface area (Å²) in [5.74, 6) is 0.757. The fourth-order valence-electron chi connectivity index (χ4n) is 3.44. The Kier molecular flexibility index (Phi) is 3.73. The van der Waals surface area contributed by atoms with Crippen molar-refractivity contribution >= 4 is 15.9 Å². The van der Waals surface area contributed by atoms with E-state index in [1.54, 1.807) is 5.56 Å². The minimum absolute atomic E-state index is 0.659. The fourth-order valence-corrected chi connectivity index (χ4v) is 3.85. The second kappa shape index (κ2) is 5.32. The number of nitrogens with two attached hydrogens (primary N) is 1. The summed E-state index contributed by atoms with van der Waals surface area (Å²) in [4.78, 5) is 2.67. The Morgan fingerprint density at radius 3 is 2.72 bits per heavy atom. The van der Waals surface area contributed by atoms with Crippen molar-refractivity contribution in [3.63, 3.8) is 0 Å². The number of benzene rings is 1. The van der Waals surface area contributed by atoms with Crippen LogP contribution in [0.4, 0.5) is 0 Å². The Morgan fingerprint density at radius 2 is 2.00 bits per heavy atom. The van der Waals surface area contributed by atoms with Gasteiger partial charge in [0.05, 0.1) is 0 Å². The summed E-state index contributed by atoms with van der Waals surface area (Å²) in [6, 6.07) is 7.45. The normalized spacial score (nSPS) is 25.3. The fraction of sp³-hybridized carbons (Fsp3) is 0.600. The number of likely N-dealkylation sites (tertiary alicyclic amines) is 1. The van der Waals surface area contributed by atoms with E-state index in [1.165, 1.54) is 48.8 Å². The van der Waals surface area contributed by atoms with Crippen molar-refractivity contribution in [3.8, 4) is 0 Å². The lowest BCUT2D eigenvalue weighted by atomic mass is 9.95. The Labute approximate surface area is 118 Å². The third-order valence-electron chi connectivity index (χ3n) is 4.57. The molecule has 1 heterocycles. The van der Waals surface area contributed by atoms with Crippen LogP contribution in [0.2, 0.25) is 0 Å². The van der Waals surface area contributed by atoms with E-state index >= 15 is 0 Å². The number of aryl methyl sites for hydroxylation is 1. The van der Waals surface area contributed by atoms with E-state index in [4.69, 9.17) is 5.73 Å². The molecule has 0 amide bonds. The summed E-state index contributed by atoms with van der Waals surface area (Å²) >= 11 is 3.57. The number of halogens is 1. The molecule has 2 nitrogen and oxygen atoms in total. The molecule has 18 heavy (non-hydrogen) atoms. The zero-order valence-electron chi connectivity index (χ0n) is 10.7. The smallest absolute Gasteiger partial charge is 0.0354 e. The van der Waals surface area contributed by atoms with Gasteiger partial charge in [0.15, 0.2) is 0 Å². The molecule has 0 radical (unpaired) electrons. The molecule has 1 aliphatic carbocycles. The van der Waals surface area contributed by atoms with Crippen molar-refractivity contribution in [1.29, 1.82) is 0 Å². The standard InChI is InChI=1S/C15H21BrN2/c16-13-2-3-14-12(9-13)1-4-15(14)18-7-5-11(10-17)6-8-18/h2-3,9,11,15H,1,4-8,10,17H2. The molecule has 1 unspecified atom stereocenters. The Morgan fingerprint density at radius 1 is 1.22 bits per heavy atom. The van der Waals surface area contributed by atoms with Gasteiger partial charge in [0.1, 0.15) is 0 Å². The average Bonchev–Trinajstić information content (AvgIpc) is 2.81. The number of hydrogen-bond donors (Lipinski definition) is 1. The molecule has 1 aromatic rings. The molecule has 3 heteroatoms. The summed E-state index contributed by atoms with van der Waals surface area (Å²) in [6.45, 7) is 3.31. The lowest BCUT2D eigenvalue weighted by Crippen LogP contribution is -2.37. The minimum atomic E-state index is 0.659. The highest BCUT2D eigenvalue weighted by Gasteiger charge is 2.30. The van der Waals surface area contributed by atoms with Gasteiger partial charge in [-0.15, -0.1) is 0 Å². The third-order valence-corrected chi connectivity index (χ3v) is 5.07. The molecule has 0 bridgehead atoms. The van der Waals surface area contributed by atoms with Gasteiger partial charge in [-0.25, -0.2) is 0 Å². The molecular formula is C15H21BrN2. The SMILES string of the molecule is NCC1CCN(C2CCc3cc(Br)ccc32)CC1. The zero-order valence-corrected chi connectivity index (χ0v) is 12.3. The van der Waals surface area contributed by atoms with Crippen LogP contribution < -0.4 is 5.73 Å². The van der Waals surface area contributed by atoms with Crippen LogP contribution in [0, 0.1) is 5.92 Å². The van der Waals surface area contributed by atoms with E-state index in [0.717, 1.165) is 12.5 Å². The lowest BCUT2D eigenvalue weighted by molar-refractivity contribution is 0.134. The first-order valence-corrected chi connectivity index (χ1v) is 7.79. The number of nitrogens with zero attached hydrogens (tertiary/aromatic N) is 1. The van der Waals surface area contributed by atoms with E-state index in [9.17, 15) is 0 Å². The Hall–Kier alpha value is -0.380. The molecule has 2 aliphatic rings. The van der Waals surface area contributed by atoms with Crippen LogP contribution in [0.5, 0.6) is 0 Å². The summed E-state index contributed by atoms with van der Waals surface area (Å²) in [5.41, 5.74) is 8.87. The predicted octanol–water partition coefficient (Wildman–Crippen LogP) is 3.11. The second-order valence-corrected chi connectivity index (χ2v) is 6.53. The maximum absolute atomic E-state index is 5.77. The van der Waals surface area contributed by atoms with Crippen LogP contribution in [0.3, 0.4) is 0 Å². The van der Waals surface area contributed by atoms with Crippen LogP contribution in [0.25, 0.3) is 0 Å². The highest BCUT2D eigenvalue weighted by atomic mass is 79.9. The predicted molar refractivity (Wildman–Crippen MR) is 78.6 cm³/mol. The van der Waals surface area contributed by atoms with Crippen molar-refractivity contribution < 1.29 is 0 Å². The molecule has 2 N–H and O–H groups in total. The van der Waals surface area contributed by atoms with Crippen LogP contribution in [-0.2, 0) is 6.42 Å². The van der Waals surface area contributed by atoms with E-state index in [1.807, 2.05) is 0 Å². The van der Waals surface area contributed by atoms with Gasteiger partial charge < -0.3 is 5.73 Å². The summed E-state index contributed by atoms with van der Waals surface area (Å²) < 4.78 is 1.21. The average molecular weight is 309 g/mol. The van der Waals surface area contributed by atoms with Crippen LogP contribution in [0.1, 0.15) is 36.4 Å². The number of hydrogen-bond acceptors (Lipinski definition) is 2. The second-order valence-electron chi connectivity index (χ2n) is 5.61. The van der Waals surface area contributed by atoms with Crippen LogP contribution in [-0.4, -0.2) is 24.5 Å². The van der Waals surface area contributed by atoms with Gasteiger partial charge in [0.2, 0.25) is 0 Å². The molecule has 1 fully saturated rings. The monoisotopic (exact) mass is 308 g/mol. The largest absolute Gasteiger partial charge is 0.330 e. The van der Waals surface area contributed by atoms with Gasteiger partial charge in [-0.1, -0.05) is 22.0 Å². The molecule has 0 saturated carbocycles. The molecule has 3 rings (SSSR count). The highest BCUT2D eigenvalue weighted by molar-refractivity contribution is 9.10. The molecular weight excluding hydrogens is 288 g/mol.